The van der Waals surface area contributed by atoms with Crippen molar-refractivity contribution >= 4 is 0 Å². The first-order chi connectivity index (χ1) is 8.36. The molecule has 0 aromatic carbocycles. The van der Waals surface area contributed by atoms with E-state index in [1.54, 1.807) is 0 Å². The molecular formula is C13H26N4. The Morgan fingerprint density at radius 2 is 1.82 bits per heavy atom. The molecule has 0 aliphatic rings. The van der Waals surface area contributed by atoms with Gasteiger partial charge in [-0.2, -0.15) is 0 Å². The second-order valence-electron chi connectivity index (χ2n) is 4.62. The van der Waals surface area contributed by atoms with Gasteiger partial charge in [0.05, 0.1) is 5.69 Å². The maximum Gasteiger partial charge on any atom is 0.0964 e. The van der Waals surface area contributed by atoms with Gasteiger partial charge in [-0.3, -0.25) is 4.68 Å². The van der Waals surface area contributed by atoms with Crippen molar-refractivity contribution in [3.63, 3.8) is 0 Å². The number of aromatic nitrogens is 3. The smallest absolute Gasteiger partial charge is 0.0964 e. The Morgan fingerprint density at radius 1 is 1.12 bits per heavy atom. The predicted molar refractivity (Wildman–Crippen MR) is 70.8 cm³/mol. The molecule has 1 rings (SSSR count). The highest BCUT2D eigenvalue weighted by atomic mass is 15.4. The van der Waals surface area contributed by atoms with Crippen molar-refractivity contribution in [1.82, 2.24) is 20.3 Å². The minimum Gasteiger partial charge on any atom is -0.314 e. The molecule has 0 radical (unpaired) electrons. The molecule has 0 saturated carbocycles. The van der Waals surface area contributed by atoms with E-state index in [1.807, 2.05) is 17.9 Å². The van der Waals surface area contributed by atoms with Gasteiger partial charge < -0.3 is 5.32 Å². The lowest BCUT2D eigenvalue weighted by molar-refractivity contribution is 0.513. The number of unbranched alkanes of at least 4 members (excludes halogenated alkanes) is 6. The van der Waals surface area contributed by atoms with Crippen LogP contribution in [0.3, 0.4) is 0 Å². The number of nitrogens with zero attached hydrogens (tertiary/aromatic N) is 3. The summed E-state index contributed by atoms with van der Waals surface area (Å²) in [4.78, 5) is 0. The molecule has 0 fully saturated rings. The van der Waals surface area contributed by atoms with Crippen LogP contribution >= 0.6 is 0 Å². The van der Waals surface area contributed by atoms with Crippen LogP contribution in [0.2, 0.25) is 0 Å². The molecular weight excluding hydrogens is 212 g/mol. The molecule has 0 aliphatic carbocycles. The van der Waals surface area contributed by atoms with Gasteiger partial charge in [-0.1, -0.05) is 50.7 Å². The minimum atomic E-state index is 0.803. The van der Waals surface area contributed by atoms with Crippen LogP contribution in [0.4, 0.5) is 0 Å². The van der Waals surface area contributed by atoms with E-state index in [0.29, 0.717) is 0 Å². The molecule has 0 atom stereocenters. The molecule has 1 heterocycles. The number of aryl methyl sites for hydroxylation is 1. The summed E-state index contributed by atoms with van der Waals surface area (Å²) in [5, 5.41) is 11.3. The third-order valence-electron chi connectivity index (χ3n) is 2.93. The molecule has 1 N–H and O–H groups in total. The maximum atomic E-state index is 4.11. The van der Waals surface area contributed by atoms with Gasteiger partial charge in [-0.25, -0.2) is 0 Å². The van der Waals surface area contributed by atoms with Crippen molar-refractivity contribution in [2.45, 2.75) is 65.0 Å². The van der Waals surface area contributed by atoms with Gasteiger partial charge in [-0.15, -0.1) is 5.10 Å². The quantitative estimate of drug-likeness (QED) is 0.637. The molecule has 0 aliphatic heterocycles. The standard InChI is InChI=1S/C13H26N4/c1-3-4-5-6-7-8-9-10-17-12-13(11-14-2)15-16-17/h12,14H,3-11H2,1-2H3. The molecule has 17 heavy (non-hydrogen) atoms. The maximum absolute atomic E-state index is 4.11. The van der Waals surface area contributed by atoms with Gasteiger partial charge in [0.25, 0.3) is 0 Å². The molecule has 1 aromatic rings. The molecule has 0 unspecified atom stereocenters. The van der Waals surface area contributed by atoms with Crippen molar-refractivity contribution in [1.29, 1.82) is 0 Å². The molecule has 4 heteroatoms. The monoisotopic (exact) mass is 238 g/mol. The Bertz CT molecular complexity index is 283. The van der Waals surface area contributed by atoms with Gasteiger partial charge in [0, 0.05) is 19.3 Å². The van der Waals surface area contributed by atoms with Gasteiger partial charge in [0.1, 0.15) is 0 Å². The van der Waals surface area contributed by atoms with Crippen molar-refractivity contribution in [3.05, 3.63) is 11.9 Å². The molecule has 0 spiro atoms. The van der Waals surface area contributed by atoms with Crippen molar-refractivity contribution in [3.8, 4) is 0 Å². The average molecular weight is 238 g/mol. The minimum absolute atomic E-state index is 0.803. The van der Waals surface area contributed by atoms with Gasteiger partial charge >= 0.3 is 0 Å². The van der Waals surface area contributed by atoms with Crippen LogP contribution in [0.1, 0.15) is 57.6 Å². The lowest BCUT2D eigenvalue weighted by atomic mass is 10.1. The second kappa shape index (κ2) is 9.16. The first-order valence-corrected chi connectivity index (χ1v) is 6.90. The second-order valence-corrected chi connectivity index (χ2v) is 4.62. The summed E-state index contributed by atoms with van der Waals surface area (Å²) >= 11 is 0. The van der Waals surface area contributed by atoms with Crippen LogP contribution in [0.5, 0.6) is 0 Å². The number of rotatable bonds is 10. The summed E-state index contributed by atoms with van der Waals surface area (Å²) < 4.78 is 1.96. The van der Waals surface area contributed by atoms with Crippen molar-refractivity contribution < 1.29 is 0 Å². The number of hydrogen-bond donors (Lipinski definition) is 1. The molecule has 0 amide bonds. The third kappa shape index (κ3) is 6.41. The van der Waals surface area contributed by atoms with Crippen LogP contribution in [0.25, 0.3) is 0 Å². The van der Waals surface area contributed by atoms with E-state index >= 15 is 0 Å². The lowest BCUT2D eigenvalue weighted by Gasteiger charge is -2.01. The summed E-state index contributed by atoms with van der Waals surface area (Å²) in [5.74, 6) is 0. The van der Waals surface area contributed by atoms with E-state index in [1.165, 1.54) is 44.9 Å². The first kappa shape index (κ1) is 14.2. The zero-order valence-corrected chi connectivity index (χ0v) is 11.3. The largest absolute Gasteiger partial charge is 0.314 e. The summed E-state index contributed by atoms with van der Waals surface area (Å²) in [6.45, 7) is 4.06. The topological polar surface area (TPSA) is 42.7 Å². The Morgan fingerprint density at radius 3 is 2.53 bits per heavy atom. The zero-order chi connectivity index (χ0) is 12.3. The van der Waals surface area contributed by atoms with E-state index < -0.39 is 0 Å². The third-order valence-corrected chi connectivity index (χ3v) is 2.93. The van der Waals surface area contributed by atoms with E-state index in [0.717, 1.165) is 18.8 Å². The average Bonchev–Trinajstić information content (AvgIpc) is 2.76. The predicted octanol–water partition coefficient (Wildman–Crippen LogP) is 2.75. The van der Waals surface area contributed by atoms with E-state index in [-0.39, 0.29) is 0 Å². The van der Waals surface area contributed by atoms with E-state index in [4.69, 9.17) is 0 Å². The zero-order valence-electron chi connectivity index (χ0n) is 11.3. The van der Waals surface area contributed by atoms with E-state index in [2.05, 4.69) is 22.6 Å². The Kier molecular flexibility index (Phi) is 7.63. The molecule has 0 saturated heterocycles. The van der Waals surface area contributed by atoms with Crippen molar-refractivity contribution in [2.75, 3.05) is 7.05 Å². The first-order valence-electron chi connectivity index (χ1n) is 6.90. The fourth-order valence-corrected chi connectivity index (χ4v) is 1.94. The van der Waals surface area contributed by atoms with Crippen LogP contribution in [0, 0.1) is 0 Å². The molecule has 1 aromatic heterocycles. The Balaban J connectivity index is 2.01. The SMILES string of the molecule is CCCCCCCCCn1cc(CNC)nn1. The number of hydrogen-bond acceptors (Lipinski definition) is 3. The van der Waals surface area contributed by atoms with Crippen LogP contribution in [0.15, 0.2) is 6.20 Å². The molecule has 98 valence electrons. The lowest BCUT2D eigenvalue weighted by Crippen LogP contribution is -2.05. The molecule has 4 nitrogen and oxygen atoms in total. The van der Waals surface area contributed by atoms with Gasteiger partial charge in [0.15, 0.2) is 0 Å². The number of nitrogens with one attached hydrogen (secondary N) is 1. The fraction of sp³-hybridized carbons (Fsp3) is 0.846. The van der Waals surface area contributed by atoms with Crippen LogP contribution in [-0.2, 0) is 13.1 Å². The summed E-state index contributed by atoms with van der Waals surface area (Å²) in [5.41, 5.74) is 1.02. The fourth-order valence-electron chi connectivity index (χ4n) is 1.94. The summed E-state index contributed by atoms with van der Waals surface area (Å²) in [6, 6.07) is 0. The Labute approximate surface area is 105 Å². The van der Waals surface area contributed by atoms with Crippen LogP contribution < -0.4 is 5.32 Å². The Hall–Kier alpha value is -0.900. The van der Waals surface area contributed by atoms with Gasteiger partial charge in [-0.05, 0) is 13.5 Å². The van der Waals surface area contributed by atoms with Gasteiger partial charge in [0.2, 0.25) is 0 Å². The highest BCUT2D eigenvalue weighted by Crippen LogP contribution is 2.07. The van der Waals surface area contributed by atoms with Crippen LogP contribution in [-0.4, -0.2) is 22.0 Å². The highest BCUT2D eigenvalue weighted by Gasteiger charge is 1.98. The normalized spacial score (nSPS) is 10.9. The molecule has 0 bridgehead atoms. The highest BCUT2D eigenvalue weighted by molar-refractivity contribution is 4.90. The van der Waals surface area contributed by atoms with Crippen molar-refractivity contribution in [2.24, 2.45) is 0 Å². The van der Waals surface area contributed by atoms with E-state index in [9.17, 15) is 0 Å². The summed E-state index contributed by atoms with van der Waals surface area (Å²) in [6.07, 6.45) is 11.4. The summed E-state index contributed by atoms with van der Waals surface area (Å²) in [7, 11) is 1.93.